The number of benzene rings is 3. The second-order valence-electron chi connectivity index (χ2n) is 5.79. The van der Waals surface area contributed by atoms with E-state index < -0.39 is 0 Å². The van der Waals surface area contributed by atoms with Gasteiger partial charge in [0.05, 0.1) is 0 Å². The zero-order valence-electron chi connectivity index (χ0n) is 19.2. The van der Waals surface area contributed by atoms with Gasteiger partial charge in [0.2, 0.25) is 0 Å². The van der Waals surface area contributed by atoms with Crippen molar-refractivity contribution >= 4 is 18.2 Å². The van der Waals surface area contributed by atoms with Crippen molar-refractivity contribution in [3.63, 3.8) is 0 Å². The van der Waals surface area contributed by atoms with Crippen LogP contribution in [-0.2, 0) is 0 Å². The Labute approximate surface area is 196 Å². The average Bonchev–Trinajstić information content (AvgIpc) is 2.91. The minimum absolute atomic E-state index is 1.17. The van der Waals surface area contributed by atoms with Crippen molar-refractivity contribution in [1.82, 2.24) is 0 Å². The van der Waals surface area contributed by atoms with Crippen LogP contribution in [0, 0.1) is 0 Å². The molecule has 0 N–H and O–H groups in total. The van der Waals surface area contributed by atoms with Gasteiger partial charge < -0.3 is 0 Å². The van der Waals surface area contributed by atoms with E-state index in [1.807, 2.05) is 109 Å². The third-order valence-corrected chi connectivity index (χ3v) is 3.44. The van der Waals surface area contributed by atoms with Crippen LogP contribution in [0.1, 0.15) is 16.7 Å². The highest BCUT2D eigenvalue weighted by Gasteiger charge is 1.77. The number of rotatable bonds is 5. The SMILES string of the molecule is C=CC=C.C=CC=C.C=Cc1ccccc1.C=Cc1ccccc1.C=Cc1ccccc1. The maximum Gasteiger partial charge on any atom is -0.0263 e. The smallest absolute Gasteiger partial charge is 0.0263 e. The summed E-state index contributed by atoms with van der Waals surface area (Å²) in [7, 11) is 0. The van der Waals surface area contributed by atoms with E-state index in [-0.39, 0.29) is 0 Å². The molecule has 0 saturated carbocycles. The van der Waals surface area contributed by atoms with Crippen LogP contribution in [-0.4, -0.2) is 0 Å². The van der Waals surface area contributed by atoms with Gasteiger partial charge in [0.1, 0.15) is 0 Å². The fourth-order valence-corrected chi connectivity index (χ4v) is 1.77. The second kappa shape index (κ2) is 24.9. The lowest BCUT2D eigenvalue weighted by Gasteiger charge is -1.85. The molecule has 0 aliphatic carbocycles. The first-order chi connectivity index (χ1) is 15.6. The molecular formula is C32H36. The number of hydrogen-bond donors (Lipinski definition) is 0. The summed E-state index contributed by atoms with van der Waals surface area (Å²) in [6.45, 7) is 24.3. The Hall–Kier alpha value is -4.16. The van der Waals surface area contributed by atoms with E-state index in [0.717, 1.165) is 0 Å². The first-order valence-corrected chi connectivity index (χ1v) is 10.1. The standard InChI is InChI=1S/3C8H8.2C4H6/c3*1-2-8-6-4-3-5-7-8;2*1-3-4-2/h3*2-7H,1H2;2*3-4H,1-2H2. The van der Waals surface area contributed by atoms with Crippen molar-refractivity contribution in [2.24, 2.45) is 0 Å². The lowest BCUT2D eigenvalue weighted by atomic mass is 10.2. The fourth-order valence-electron chi connectivity index (χ4n) is 1.77. The van der Waals surface area contributed by atoms with Crippen LogP contribution >= 0.6 is 0 Å². The summed E-state index contributed by atoms with van der Waals surface area (Å²) in [5, 5.41) is 0. The first kappa shape index (κ1) is 30.0. The molecule has 3 aromatic rings. The molecule has 32 heavy (non-hydrogen) atoms. The molecule has 0 amide bonds. The van der Waals surface area contributed by atoms with Crippen molar-refractivity contribution in [3.8, 4) is 0 Å². The maximum absolute atomic E-state index is 3.63. The van der Waals surface area contributed by atoms with E-state index in [2.05, 4.69) is 46.1 Å². The summed E-state index contributed by atoms with van der Waals surface area (Å²) < 4.78 is 0. The van der Waals surface area contributed by atoms with Crippen LogP contribution in [0.3, 0.4) is 0 Å². The summed E-state index contributed by atoms with van der Waals surface area (Å²) in [4.78, 5) is 0. The fraction of sp³-hybridized carbons (Fsp3) is 0. The molecule has 0 saturated heterocycles. The average molecular weight is 421 g/mol. The summed E-state index contributed by atoms with van der Waals surface area (Å²) in [5.41, 5.74) is 3.52. The van der Waals surface area contributed by atoms with Crippen molar-refractivity contribution in [3.05, 3.63) is 178 Å². The van der Waals surface area contributed by atoms with Gasteiger partial charge in [-0.3, -0.25) is 0 Å². The van der Waals surface area contributed by atoms with Gasteiger partial charge in [-0.25, -0.2) is 0 Å². The van der Waals surface area contributed by atoms with Crippen LogP contribution in [0.15, 0.2) is 161 Å². The zero-order valence-corrected chi connectivity index (χ0v) is 19.2. The lowest BCUT2D eigenvalue weighted by molar-refractivity contribution is 1.67. The lowest BCUT2D eigenvalue weighted by Crippen LogP contribution is -1.63. The Balaban J connectivity index is 0. The van der Waals surface area contributed by atoms with Gasteiger partial charge in [-0.05, 0) is 16.7 Å². The molecule has 0 radical (unpaired) electrons. The van der Waals surface area contributed by atoms with Crippen LogP contribution < -0.4 is 0 Å². The van der Waals surface area contributed by atoms with Gasteiger partial charge in [0.25, 0.3) is 0 Å². The molecular weight excluding hydrogens is 384 g/mol. The number of allylic oxidation sites excluding steroid dienone is 4. The summed E-state index contributed by atoms with van der Waals surface area (Å²) in [6.07, 6.45) is 12.1. The molecule has 0 heterocycles. The molecule has 3 rings (SSSR count). The van der Waals surface area contributed by atoms with E-state index in [1.165, 1.54) is 16.7 Å². The molecule has 0 spiro atoms. The van der Waals surface area contributed by atoms with Crippen LogP contribution in [0.5, 0.6) is 0 Å². The van der Waals surface area contributed by atoms with Crippen molar-refractivity contribution in [2.75, 3.05) is 0 Å². The van der Waals surface area contributed by atoms with Crippen molar-refractivity contribution < 1.29 is 0 Å². The Kier molecular flexibility index (Phi) is 23.4. The Morgan fingerprint density at radius 1 is 0.312 bits per heavy atom. The van der Waals surface area contributed by atoms with E-state index in [9.17, 15) is 0 Å². The predicted molar refractivity (Wildman–Crippen MR) is 150 cm³/mol. The molecule has 0 aliphatic heterocycles. The summed E-state index contributed by atoms with van der Waals surface area (Å²) in [6, 6.07) is 30.1. The first-order valence-electron chi connectivity index (χ1n) is 10.1. The minimum Gasteiger partial charge on any atom is -0.0991 e. The summed E-state index contributed by atoms with van der Waals surface area (Å²) in [5.74, 6) is 0. The third-order valence-electron chi connectivity index (χ3n) is 3.44. The quantitative estimate of drug-likeness (QED) is 0.360. The highest BCUT2D eigenvalue weighted by Crippen LogP contribution is 1.98. The maximum atomic E-state index is 3.63. The highest BCUT2D eigenvalue weighted by molar-refractivity contribution is 5.46. The summed E-state index contributed by atoms with van der Waals surface area (Å²) >= 11 is 0. The minimum atomic E-state index is 1.17. The Morgan fingerprint density at radius 3 is 0.594 bits per heavy atom. The zero-order chi connectivity index (χ0) is 24.3. The largest absolute Gasteiger partial charge is 0.0991 e. The van der Waals surface area contributed by atoms with E-state index in [0.29, 0.717) is 0 Å². The van der Waals surface area contributed by atoms with Crippen LogP contribution in [0.2, 0.25) is 0 Å². The van der Waals surface area contributed by atoms with E-state index in [1.54, 1.807) is 24.3 Å². The number of hydrogen-bond acceptors (Lipinski definition) is 0. The van der Waals surface area contributed by atoms with Gasteiger partial charge in [0.15, 0.2) is 0 Å². The molecule has 0 unspecified atom stereocenters. The second-order valence-corrected chi connectivity index (χ2v) is 5.79. The highest BCUT2D eigenvalue weighted by atomic mass is 13.8. The topological polar surface area (TPSA) is 0 Å². The molecule has 3 aromatic carbocycles. The van der Waals surface area contributed by atoms with Crippen LogP contribution in [0.4, 0.5) is 0 Å². The Morgan fingerprint density at radius 2 is 0.500 bits per heavy atom. The molecule has 0 bridgehead atoms. The Bertz CT molecular complexity index is 742. The monoisotopic (exact) mass is 420 g/mol. The van der Waals surface area contributed by atoms with Crippen molar-refractivity contribution in [2.45, 2.75) is 0 Å². The van der Waals surface area contributed by atoms with Crippen molar-refractivity contribution in [1.29, 1.82) is 0 Å². The van der Waals surface area contributed by atoms with E-state index >= 15 is 0 Å². The molecule has 0 aliphatic rings. The van der Waals surface area contributed by atoms with Gasteiger partial charge >= 0.3 is 0 Å². The molecule has 0 nitrogen and oxygen atoms in total. The predicted octanol–water partition coefficient (Wildman–Crippen LogP) is 9.71. The van der Waals surface area contributed by atoms with Gasteiger partial charge in [0, 0.05) is 0 Å². The third kappa shape index (κ3) is 20.6. The normalized spacial score (nSPS) is 7.62. The van der Waals surface area contributed by atoms with Crippen LogP contribution in [0.25, 0.3) is 18.2 Å². The molecule has 0 atom stereocenters. The molecule has 0 aromatic heterocycles. The van der Waals surface area contributed by atoms with E-state index in [4.69, 9.17) is 0 Å². The van der Waals surface area contributed by atoms with Gasteiger partial charge in [-0.1, -0.05) is 180 Å². The van der Waals surface area contributed by atoms with Gasteiger partial charge in [-0.2, -0.15) is 0 Å². The molecule has 164 valence electrons. The molecule has 0 heteroatoms. The molecule has 0 fully saturated rings. The van der Waals surface area contributed by atoms with Gasteiger partial charge in [-0.15, -0.1) is 0 Å².